The largest absolute Gasteiger partial charge is 0.510 e. The van der Waals surface area contributed by atoms with E-state index in [1.165, 1.54) is 17.2 Å². The molecule has 0 saturated carbocycles. The molecule has 2 aromatic carbocycles. The zero-order valence-corrected chi connectivity index (χ0v) is 24.4. The number of nitrogens with one attached hydrogen (secondary N) is 1. The molecule has 0 aliphatic heterocycles. The molecule has 0 spiro atoms. The van der Waals surface area contributed by atoms with Crippen LogP contribution in [0, 0.1) is 11.8 Å². The smallest absolute Gasteiger partial charge is 0.255 e. The van der Waals surface area contributed by atoms with Gasteiger partial charge in [0, 0.05) is 17.1 Å². The number of phenols is 1. The van der Waals surface area contributed by atoms with Crippen molar-refractivity contribution < 1.29 is 44.0 Å². The summed E-state index contributed by atoms with van der Waals surface area (Å²) >= 11 is 0. The highest BCUT2D eigenvalue weighted by Gasteiger charge is 2.63. The molecule has 12 heteroatoms. The van der Waals surface area contributed by atoms with E-state index in [4.69, 9.17) is 10.2 Å². The lowest BCUT2D eigenvalue weighted by Gasteiger charge is -2.50. The number of hydrogen-bond acceptors (Lipinski definition) is 10. The van der Waals surface area contributed by atoms with Gasteiger partial charge in [-0.1, -0.05) is 18.2 Å². The number of nitrogens with zero attached hydrogens (tertiary/aromatic N) is 1. The van der Waals surface area contributed by atoms with Gasteiger partial charge >= 0.3 is 0 Å². The van der Waals surface area contributed by atoms with Crippen LogP contribution in [0.15, 0.2) is 81.9 Å². The van der Waals surface area contributed by atoms with E-state index >= 15 is 0 Å². The standard InChI is InChI=1S/C33H31N3O9/c1-36(2)26-21-13-17-12-20-19(15-5-3-6-16(11-15)32(43)35-14-18-7-4-10-45-18)8-9-22(37)24(20)27(38)23(17)29(40)33(21,44)30(41)25(28(26)39)31(34)42/h3-11,17,21,26,37,39-40,44H,12-14H2,1-2H3,(H2,34,42)(H,35,43)/t17-,21-,26-,33-/m0/s1. The maximum atomic E-state index is 14.0. The van der Waals surface area contributed by atoms with Gasteiger partial charge < -0.3 is 35.9 Å². The molecule has 4 atom stereocenters. The highest BCUT2D eigenvalue weighted by atomic mass is 16.3. The number of allylic oxidation sites excluding steroid dienone is 1. The summed E-state index contributed by atoms with van der Waals surface area (Å²) in [6.45, 7) is 0.190. The Labute approximate surface area is 257 Å². The SMILES string of the molecule is CN(C)[C@@H]1C(O)=C(C(N)=O)C(=O)[C@@]2(O)C(O)=C3C(=O)c4c(O)ccc(-c5cccc(C(=O)NCc6ccco6)c5)c4C[C@H]3C[C@@H]12. The van der Waals surface area contributed by atoms with Gasteiger partial charge in [0.05, 0.1) is 24.4 Å². The molecule has 12 nitrogen and oxygen atoms in total. The van der Waals surface area contributed by atoms with Gasteiger partial charge in [0.15, 0.2) is 11.4 Å². The molecule has 0 radical (unpaired) electrons. The average molecular weight is 614 g/mol. The number of hydrogen-bond donors (Lipinski definition) is 6. The minimum Gasteiger partial charge on any atom is -0.510 e. The molecule has 2 amide bonds. The third-order valence-corrected chi connectivity index (χ3v) is 9.05. The summed E-state index contributed by atoms with van der Waals surface area (Å²) in [7, 11) is 3.14. The third-order valence-electron chi connectivity index (χ3n) is 9.05. The van der Waals surface area contributed by atoms with Crippen LogP contribution in [0.5, 0.6) is 5.75 Å². The van der Waals surface area contributed by atoms with Crippen LogP contribution in [0.2, 0.25) is 0 Å². The number of aliphatic hydroxyl groups is 3. The number of aliphatic hydroxyl groups excluding tert-OH is 2. The van der Waals surface area contributed by atoms with Crippen LogP contribution < -0.4 is 11.1 Å². The molecule has 232 valence electrons. The Morgan fingerprint density at radius 2 is 1.84 bits per heavy atom. The van der Waals surface area contributed by atoms with Crippen molar-refractivity contribution in [3.8, 4) is 16.9 Å². The molecule has 7 N–H and O–H groups in total. The molecule has 0 saturated heterocycles. The van der Waals surface area contributed by atoms with Gasteiger partial charge in [0.25, 0.3) is 11.8 Å². The van der Waals surface area contributed by atoms with Crippen molar-refractivity contribution in [2.75, 3.05) is 14.1 Å². The van der Waals surface area contributed by atoms with Crippen molar-refractivity contribution in [2.24, 2.45) is 17.6 Å². The average Bonchev–Trinajstić information content (AvgIpc) is 3.51. The second-order valence-electron chi connectivity index (χ2n) is 11.8. The van der Waals surface area contributed by atoms with Gasteiger partial charge in [0.2, 0.25) is 5.78 Å². The second-order valence-corrected chi connectivity index (χ2v) is 11.8. The third kappa shape index (κ3) is 4.52. The number of ketones is 2. The first-order valence-electron chi connectivity index (χ1n) is 14.3. The molecule has 3 aromatic rings. The lowest BCUT2D eigenvalue weighted by Crippen LogP contribution is -2.63. The monoisotopic (exact) mass is 613 g/mol. The van der Waals surface area contributed by atoms with Crippen molar-refractivity contribution >= 4 is 23.4 Å². The van der Waals surface area contributed by atoms with E-state index in [0.717, 1.165) is 0 Å². The summed E-state index contributed by atoms with van der Waals surface area (Å²) in [6.07, 6.45) is 1.60. The molecule has 1 heterocycles. The fourth-order valence-electron chi connectivity index (χ4n) is 7.03. The normalized spacial score (nSPS) is 24.3. The topological polar surface area (TPSA) is 204 Å². The molecule has 0 bridgehead atoms. The summed E-state index contributed by atoms with van der Waals surface area (Å²) in [5, 5.41) is 47.9. The van der Waals surface area contributed by atoms with Gasteiger partial charge in [-0.05, 0) is 79.9 Å². The highest BCUT2D eigenvalue weighted by molar-refractivity contribution is 6.25. The molecule has 3 aliphatic carbocycles. The maximum Gasteiger partial charge on any atom is 0.255 e. The van der Waals surface area contributed by atoms with Crippen molar-refractivity contribution in [2.45, 2.75) is 31.0 Å². The Kier molecular flexibility index (Phi) is 7.13. The number of aromatic hydroxyl groups is 1. The number of benzene rings is 2. The van der Waals surface area contributed by atoms with E-state index in [2.05, 4.69) is 5.32 Å². The lowest BCUT2D eigenvalue weighted by atomic mass is 9.58. The molecule has 6 rings (SSSR count). The van der Waals surface area contributed by atoms with E-state index in [0.29, 0.717) is 28.0 Å². The van der Waals surface area contributed by atoms with E-state index in [9.17, 15) is 39.6 Å². The van der Waals surface area contributed by atoms with Crippen LogP contribution >= 0.6 is 0 Å². The van der Waals surface area contributed by atoms with Gasteiger partial charge in [0.1, 0.15) is 28.6 Å². The predicted octanol–water partition coefficient (Wildman–Crippen LogP) is 2.31. The zero-order valence-electron chi connectivity index (χ0n) is 24.4. The van der Waals surface area contributed by atoms with E-state index in [1.54, 1.807) is 56.6 Å². The summed E-state index contributed by atoms with van der Waals surface area (Å²) in [5.74, 6) is -6.91. The van der Waals surface area contributed by atoms with Crippen molar-refractivity contribution in [1.82, 2.24) is 10.2 Å². The zero-order chi connectivity index (χ0) is 32.4. The summed E-state index contributed by atoms with van der Waals surface area (Å²) in [6, 6.07) is 12.1. The number of phenolic OH excluding ortho intramolecular Hbond substituents is 1. The lowest BCUT2D eigenvalue weighted by molar-refractivity contribution is -0.148. The van der Waals surface area contributed by atoms with Gasteiger partial charge in [-0.25, -0.2) is 0 Å². The first-order valence-corrected chi connectivity index (χ1v) is 14.3. The molecular weight excluding hydrogens is 582 g/mol. The van der Waals surface area contributed by atoms with Crippen LogP contribution in [0.1, 0.15) is 38.5 Å². The van der Waals surface area contributed by atoms with Gasteiger partial charge in [-0.15, -0.1) is 0 Å². The van der Waals surface area contributed by atoms with Crippen LogP contribution in [0.4, 0.5) is 0 Å². The number of furan rings is 1. The van der Waals surface area contributed by atoms with E-state index < -0.39 is 58.0 Å². The quantitative estimate of drug-likeness (QED) is 0.224. The van der Waals surface area contributed by atoms with Gasteiger partial charge in [-0.3, -0.25) is 24.1 Å². The van der Waals surface area contributed by atoms with Crippen molar-refractivity contribution in [3.05, 3.63) is 99.9 Å². The fourth-order valence-corrected chi connectivity index (χ4v) is 7.03. The Hall–Kier alpha value is -5.20. The minimum absolute atomic E-state index is 0.0317. The van der Waals surface area contributed by atoms with Gasteiger partial charge in [-0.2, -0.15) is 0 Å². The number of fused-ring (bicyclic) bond motifs is 3. The first kappa shape index (κ1) is 29.9. The molecule has 0 unspecified atom stereocenters. The van der Waals surface area contributed by atoms with Crippen LogP contribution in [0.25, 0.3) is 11.1 Å². The Morgan fingerprint density at radius 1 is 1.09 bits per heavy atom. The van der Waals surface area contributed by atoms with Crippen LogP contribution in [0.3, 0.4) is 0 Å². The molecule has 3 aliphatic rings. The number of nitrogens with two attached hydrogens (primary N) is 1. The van der Waals surface area contributed by atoms with Crippen molar-refractivity contribution in [1.29, 1.82) is 0 Å². The fraction of sp³-hybridized carbons (Fsp3) is 0.273. The summed E-state index contributed by atoms with van der Waals surface area (Å²) in [4.78, 5) is 54.1. The summed E-state index contributed by atoms with van der Waals surface area (Å²) in [5.41, 5.74) is 3.44. The molecule has 45 heavy (non-hydrogen) atoms. The number of primary amides is 1. The number of likely N-dealkylation sites (N-methyl/N-ethyl adjacent to an activating group) is 1. The Balaban J connectivity index is 1.42. The molecule has 0 fully saturated rings. The highest BCUT2D eigenvalue weighted by Crippen LogP contribution is 2.53. The summed E-state index contributed by atoms with van der Waals surface area (Å²) < 4.78 is 5.27. The predicted molar refractivity (Wildman–Crippen MR) is 159 cm³/mol. The Morgan fingerprint density at radius 3 is 2.51 bits per heavy atom. The molecular formula is C33H31N3O9. The number of carbonyl (C=O) groups is 4. The van der Waals surface area contributed by atoms with E-state index in [1.807, 2.05) is 0 Å². The first-order chi connectivity index (χ1) is 21.4. The maximum absolute atomic E-state index is 14.0. The van der Waals surface area contributed by atoms with Crippen LogP contribution in [-0.4, -0.2) is 74.4 Å². The number of rotatable bonds is 6. The number of amides is 2. The second kappa shape index (κ2) is 10.8. The van der Waals surface area contributed by atoms with Crippen molar-refractivity contribution in [3.63, 3.8) is 0 Å². The van der Waals surface area contributed by atoms with Crippen LogP contribution in [-0.2, 0) is 22.6 Å². The minimum atomic E-state index is -2.71. The van der Waals surface area contributed by atoms with E-state index in [-0.39, 0.29) is 42.2 Å². The number of carbonyl (C=O) groups excluding carboxylic acids is 4. The number of Topliss-reactive ketones (excluding diaryl/α,β-unsaturated/α-hetero) is 2. The molecule has 1 aromatic heterocycles. The Bertz CT molecular complexity index is 1840.